The third kappa shape index (κ3) is 1.93. The van der Waals surface area contributed by atoms with Gasteiger partial charge in [0.2, 0.25) is 0 Å². The average molecular weight is 221 g/mol. The Balaban J connectivity index is 2.30. The standard InChI is InChI=1S/C11H15N3O2/c12-9-4-5-13-7-8(9)10-3-1-2-6-14(10)11(15)16/h4-5,7,10H,1-3,6H2,(H2,12,13)(H,15,16). The number of likely N-dealkylation sites (tertiary alicyclic amines) is 1. The smallest absolute Gasteiger partial charge is 0.407 e. The first-order valence-electron chi connectivity index (χ1n) is 5.39. The van der Waals surface area contributed by atoms with Crippen molar-refractivity contribution in [3.63, 3.8) is 0 Å². The molecule has 16 heavy (non-hydrogen) atoms. The first-order valence-corrected chi connectivity index (χ1v) is 5.39. The van der Waals surface area contributed by atoms with E-state index in [4.69, 9.17) is 10.8 Å². The Hall–Kier alpha value is -1.78. The fourth-order valence-corrected chi connectivity index (χ4v) is 2.18. The number of carbonyl (C=O) groups is 1. The van der Waals surface area contributed by atoms with E-state index >= 15 is 0 Å². The molecule has 1 aliphatic rings. The van der Waals surface area contributed by atoms with E-state index in [-0.39, 0.29) is 6.04 Å². The molecule has 5 heteroatoms. The third-order valence-corrected chi connectivity index (χ3v) is 2.99. The molecule has 0 aliphatic carbocycles. The van der Waals surface area contributed by atoms with Crippen molar-refractivity contribution in [3.05, 3.63) is 24.0 Å². The van der Waals surface area contributed by atoms with E-state index in [0.29, 0.717) is 12.2 Å². The van der Waals surface area contributed by atoms with Crippen molar-refractivity contribution in [1.29, 1.82) is 0 Å². The fourth-order valence-electron chi connectivity index (χ4n) is 2.18. The minimum atomic E-state index is -0.882. The molecule has 0 aromatic carbocycles. The van der Waals surface area contributed by atoms with Gasteiger partial charge in [-0.1, -0.05) is 0 Å². The SMILES string of the molecule is Nc1ccncc1C1CCCCN1C(=O)O. The summed E-state index contributed by atoms with van der Waals surface area (Å²) < 4.78 is 0. The van der Waals surface area contributed by atoms with Crippen LogP contribution in [0.2, 0.25) is 0 Å². The summed E-state index contributed by atoms with van der Waals surface area (Å²) in [6, 6.07) is 1.57. The summed E-state index contributed by atoms with van der Waals surface area (Å²) in [4.78, 5) is 16.6. The minimum Gasteiger partial charge on any atom is -0.465 e. The molecule has 1 aromatic heterocycles. The summed E-state index contributed by atoms with van der Waals surface area (Å²) in [7, 11) is 0. The molecule has 0 saturated carbocycles. The van der Waals surface area contributed by atoms with Gasteiger partial charge in [0, 0.05) is 30.2 Å². The number of carboxylic acid groups (broad SMARTS) is 1. The first-order chi connectivity index (χ1) is 7.70. The zero-order chi connectivity index (χ0) is 11.5. The molecular weight excluding hydrogens is 206 g/mol. The maximum absolute atomic E-state index is 11.1. The van der Waals surface area contributed by atoms with Crippen molar-refractivity contribution < 1.29 is 9.90 Å². The van der Waals surface area contributed by atoms with Gasteiger partial charge in [-0.05, 0) is 25.3 Å². The molecule has 86 valence electrons. The second kappa shape index (κ2) is 4.38. The molecule has 2 rings (SSSR count). The third-order valence-electron chi connectivity index (χ3n) is 2.99. The van der Waals surface area contributed by atoms with Gasteiger partial charge >= 0.3 is 6.09 Å². The van der Waals surface area contributed by atoms with Crippen molar-refractivity contribution in [3.8, 4) is 0 Å². The maximum Gasteiger partial charge on any atom is 0.407 e. The molecule has 3 N–H and O–H groups in total. The van der Waals surface area contributed by atoms with Crippen LogP contribution in [-0.4, -0.2) is 27.6 Å². The summed E-state index contributed by atoms with van der Waals surface area (Å²) in [6.45, 7) is 0.578. The monoisotopic (exact) mass is 221 g/mol. The molecule has 1 atom stereocenters. The molecule has 1 fully saturated rings. The average Bonchev–Trinajstić information content (AvgIpc) is 2.29. The summed E-state index contributed by atoms with van der Waals surface area (Å²) in [5.74, 6) is 0. The van der Waals surface area contributed by atoms with Crippen molar-refractivity contribution in [2.75, 3.05) is 12.3 Å². The largest absolute Gasteiger partial charge is 0.465 e. The number of amides is 1. The van der Waals surface area contributed by atoms with Gasteiger partial charge in [0.05, 0.1) is 6.04 Å². The predicted octanol–water partition coefficient (Wildman–Crippen LogP) is 1.87. The number of hydrogen-bond acceptors (Lipinski definition) is 3. The van der Waals surface area contributed by atoms with Crippen LogP contribution in [0.25, 0.3) is 0 Å². The normalized spacial score (nSPS) is 20.8. The highest BCUT2D eigenvalue weighted by molar-refractivity contribution is 5.66. The molecule has 1 unspecified atom stereocenters. The number of piperidine rings is 1. The topological polar surface area (TPSA) is 79.5 Å². The number of nitrogens with zero attached hydrogens (tertiary/aromatic N) is 2. The lowest BCUT2D eigenvalue weighted by atomic mass is 9.96. The highest BCUT2D eigenvalue weighted by atomic mass is 16.4. The van der Waals surface area contributed by atoms with Gasteiger partial charge in [-0.15, -0.1) is 0 Å². The lowest BCUT2D eigenvalue weighted by Gasteiger charge is -2.34. The highest BCUT2D eigenvalue weighted by Crippen LogP contribution is 2.33. The van der Waals surface area contributed by atoms with Gasteiger partial charge in [0.25, 0.3) is 0 Å². The molecule has 1 saturated heterocycles. The van der Waals surface area contributed by atoms with Crippen molar-refractivity contribution in [2.24, 2.45) is 0 Å². The number of nitrogens with two attached hydrogens (primary N) is 1. The van der Waals surface area contributed by atoms with E-state index in [1.54, 1.807) is 18.5 Å². The van der Waals surface area contributed by atoms with Crippen LogP contribution in [0.3, 0.4) is 0 Å². The van der Waals surface area contributed by atoms with Crippen molar-refractivity contribution in [1.82, 2.24) is 9.88 Å². The molecule has 0 spiro atoms. The number of hydrogen-bond donors (Lipinski definition) is 2. The van der Waals surface area contributed by atoms with Crippen LogP contribution >= 0.6 is 0 Å². The van der Waals surface area contributed by atoms with Gasteiger partial charge < -0.3 is 15.7 Å². The van der Waals surface area contributed by atoms with E-state index in [1.165, 1.54) is 4.90 Å². The zero-order valence-corrected chi connectivity index (χ0v) is 8.97. The van der Waals surface area contributed by atoms with Gasteiger partial charge in [-0.3, -0.25) is 4.98 Å². The van der Waals surface area contributed by atoms with Crippen LogP contribution in [0.4, 0.5) is 10.5 Å². The Labute approximate surface area is 93.9 Å². The Morgan fingerprint density at radius 2 is 2.38 bits per heavy atom. The maximum atomic E-state index is 11.1. The van der Waals surface area contributed by atoms with Crippen LogP contribution in [0.1, 0.15) is 30.9 Å². The Morgan fingerprint density at radius 1 is 1.56 bits per heavy atom. The fraction of sp³-hybridized carbons (Fsp3) is 0.455. The van der Waals surface area contributed by atoms with E-state index in [0.717, 1.165) is 24.8 Å². The molecule has 1 aromatic rings. The Kier molecular flexibility index (Phi) is 2.94. The van der Waals surface area contributed by atoms with E-state index < -0.39 is 6.09 Å². The quantitative estimate of drug-likeness (QED) is 0.758. The van der Waals surface area contributed by atoms with Gasteiger partial charge in [-0.25, -0.2) is 4.79 Å². The number of anilines is 1. The second-order valence-electron chi connectivity index (χ2n) is 3.99. The molecule has 0 radical (unpaired) electrons. The first kappa shape index (κ1) is 10.7. The molecule has 1 amide bonds. The van der Waals surface area contributed by atoms with Crippen molar-refractivity contribution in [2.45, 2.75) is 25.3 Å². The van der Waals surface area contributed by atoms with Gasteiger partial charge in [-0.2, -0.15) is 0 Å². The molecule has 1 aliphatic heterocycles. The lowest BCUT2D eigenvalue weighted by Crippen LogP contribution is -2.37. The Bertz CT molecular complexity index is 395. The second-order valence-corrected chi connectivity index (χ2v) is 3.99. The van der Waals surface area contributed by atoms with Crippen LogP contribution in [-0.2, 0) is 0 Å². The number of pyridine rings is 1. The van der Waals surface area contributed by atoms with Crippen LogP contribution < -0.4 is 5.73 Å². The molecule has 5 nitrogen and oxygen atoms in total. The highest BCUT2D eigenvalue weighted by Gasteiger charge is 2.28. The molecular formula is C11H15N3O2. The summed E-state index contributed by atoms with van der Waals surface area (Å²) in [5.41, 5.74) is 7.30. The van der Waals surface area contributed by atoms with E-state index in [9.17, 15) is 4.79 Å². The molecule has 2 heterocycles. The van der Waals surface area contributed by atoms with Crippen molar-refractivity contribution >= 4 is 11.8 Å². The minimum absolute atomic E-state index is 0.139. The summed E-state index contributed by atoms with van der Waals surface area (Å²) in [6.07, 6.45) is 5.18. The van der Waals surface area contributed by atoms with E-state index in [2.05, 4.69) is 4.98 Å². The molecule has 0 bridgehead atoms. The number of aromatic nitrogens is 1. The summed E-state index contributed by atoms with van der Waals surface area (Å²) in [5, 5.41) is 9.13. The predicted molar refractivity (Wildman–Crippen MR) is 60.0 cm³/mol. The zero-order valence-electron chi connectivity index (χ0n) is 8.97. The van der Waals surface area contributed by atoms with Crippen LogP contribution in [0, 0.1) is 0 Å². The van der Waals surface area contributed by atoms with Gasteiger partial charge in [0.1, 0.15) is 0 Å². The van der Waals surface area contributed by atoms with Crippen LogP contribution in [0.15, 0.2) is 18.5 Å². The van der Waals surface area contributed by atoms with Crippen LogP contribution in [0.5, 0.6) is 0 Å². The number of rotatable bonds is 1. The lowest BCUT2D eigenvalue weighted by molar-refractivity contribution is 0.107. The summed E-state index contributed by atoms with van der Waals surface area (Å²) >= 11 is 0. The van der Waals surface area contributed by atoms with E-state index in [1.807, 2.05) is 0 Å². The Morgan fingerprint density at radius 3 is 3.06 bits per heavy atom. The van der Waals surface area contributed by atoms with Gasteiger partial charge in [0.15, 0.2) is 0 Å². The number of nitrogen functional groups attached to an aromatic ring is 1.